The van der Waals surface area contributed by atoms with Gasteiger partial charge >= 0.3 is 6.03 Å². The minimum absolute atomic E-state index is 0.0243. The monoisotopic (exact) mass is 477 g/mol. The molecule has 0 bridgehead atoms. The van der Waals surface area contributed by atoms with Gasteiger partial charge in [-0.25, -0.2) is 17.5 Å². The topological polar surface area (TPSA) is 119 Å². The summed E-state index contributed by atoms with van der Waals surface area (Å²) >= 11 is 0. The van der Waals surface area contributed by atoms with Crippen LogP contribution in [-0.2, 0) is 26.2 Å². The van der Waals surface area contributed by atoms with Crippen molar-refractivity contribution in [1.82, 2.24) is 24.7 Å². The molecule has 3 unspecified atom stereocenters. The molecule has 3 fully saturated rings. The van der Waals surface area contributed by atoms with Gasteiger partial charge in [-0.15, -0.1) is 0 Å². The van der Waals surface area contributed by atoms with Crippen LogP contribution in [0.4, 0.5) is 4.79 Å². The summed E-state index contributed by atoms with van der Waals surface area (Å²) in [5.74, 6) is -1.27. The van der Waals surface area contributed by atoms with Crippen LogP contribution in [0.5, 0.6) is 0 Å². The number of carbonyl (C=O) groups is 3. The Morgan fingerprint density at radius 1 is 1.06 bits per heavy atom. The van der Waals surface area contributed by atoms with Crippen LogP contribution in [0.2, 0.25) is 0 Å². The lowest BCUT2D eigenvalue weighted by Crippen LogP contribution is -2.65. The van der Waals surface area contributed by atoms with Crippen molar-refractivity contribution < 1.29 is 22.8 Å². The molecule has 0 saturated carbocycles. The van der Waals surface area contributed by atoms with Crippen molar-refractivity contribution >= 4 is 27.9 Å². The number of carbonyl (C=O) groups excluding carboxylic acids is 3. The molecule has 11 heteroatoms. The molecule has 4 rings (SSSR count). The van der Waals surface area contributed by atoms with Gasteiger partial charge in [0.05, 0.1) is 12.0 Å². The molecule has 3 aliphatic heterocycles. The van der Waals surface area contributed by atoms with E-state index in [1.54, 1.807) is 0 Å². The summed E-state index contributed by atoms with van der Waals surface area (Å²) in [6.07, 6.45) is 1.18. The quantitative estimate of drug-likeness (QED) is 0.615. The molecular formula is C22H31N5O5S. The summed E-state index contributed by atoms with van der Waals surface area (Å²) in [5, 5.41) is 3.10. The highest BCUT2D eigenvalue weighted by Crippen LogP contribution is 2.25. The third-order valence-electron chi connectivity index (χ3n) is 6.66. The van der Waals surface area contributed by atoms with E-state index in [0.717, 1.165) is 19.6 Å². The molecule has 0 aromatic heterocycles. The molecule has 0 radical (unpaired) electrons. The highest BCUT2D eigenvalue weighted by molar-refractivity contribution is 7.90. The van der Waals surface area contributed by atoms with Gasteiger partial charge in [0.25, 0.3) is 0 Å². The second kappa shape index (κ2) is 9.78. The van der Waals surface area contributed by atoms with Crippen LogP contribution in [0.1, 0.15) is 25.3 Å². The van der Waals surface area contributed by atoms with Crippen LogP contribution in [0, 0.1) is 5.92 Å². The van der Waals surface area contributed by atoms with Crippen LogP contribution >= 0.6 is 0 Å². The molecule has 2 N–H and O–H groups in total. The number of amides is 4. The van der Waals surface area contributed by atoms with E-state index in [0.29, 0.717) is 25.9 Å². The number of piperidine rings is 1. The van der Waals surface area contributed by atoms with Crippen LogP contribution < -0.4 is 10.6 Å². The van der Waals surface area contributed by atoms with Crippen molar-refractivity contribution in [2.45, 2.75) is 37.6 Å². The van der Waals surface area contributed by atoms with Crippen molar-refractivity contribution in [3.63, 3.8) is 0 Å². The Labute approximate surface area is 194 Å². The second-order valence-electron chi connectivity index (χ2n) is 9.00. The molecule has 1 aromatic carbocycles. The summed E-state index contributed by atoms with van der Waals surface area (Å²) in [4.78, 5) is 41.1. The first kappa shape index (κ1) is 23.7. The number of nitrogens with one attached hydrogen (secondary N) is 2. The predicted molar refractivity (Wildman–Crippen MR) is 121 cm³/mol. The van der Waals surface area contributed by atoms with Crippen molar-refractivity contribution in [3.8, 4) is 0 Å². The lowest BCUT2D eigenvalue weighted by atomic mass is 9.97. The summed E-state index contributed by atoms with van der Waals surface area (Å²) < 4.78 is 27.7. The molecule has 3 saturated heterocycles. The minimum atomic E-state index is -4.02. The molecule has 0 aliphatic carbocycles. The van der Waals surface area contributed by atoms with E-state index >= 15 is 0 Å². The van der Waals surface area contributed by atoms with Crippen molar-refractivity contribution in [1.29, 1.82) is 0 Å². The van der Waals surface area contributed by atoms with Crippen molar-refractivity contribution in [3.05, 3.63) is 35.9 Å². The molecule has 3 heterocycles. The van der Waals surface area contributed by atoms with E-state index in [9.17, 15) is 22.8 Å². The maximum atomic E-state index is 13.2. The van der Waals surface area contributed by atoms with Gasteiger partial charge in [0, 0.05) is 45.8 Å². The van der Waals surface area contributed by atoms with Gasteiger partial charge < -0.3 is 10.2 Å². The number of nitrogens with zero attached hydrogens (tertiary/aromatic N) is 3. The Kier molecular flexibility index (Phi) is 7.01. The van der Waals surface area contributed by atoms with Gasteiger partial charge in [0.15, 0.2) is 5.25 Å². The van der Waals surface area contributed by atoms with Gasteiger partial charge in [-0.05, 0) is 25.3 Å². The number of hydrogen-bond acceptors (Lipinski definition) is 6. The van der Waals surface area contributed by atoms with Crippen LogP contribution in [0.15, 0.2) is 30.3 Å². The van der Waals surface area contributed by atoms with Gasteiger partial charge in [-0.3, -0.25) is 19.8 Å². The number of piperazine rings is 1. The molecule has 3 atom stereocenters. The fraction of sp³-hybridized carbons (Fsp3) is 0.591. The summed E-state index contributed by atoms with van der Waals surface area (Å²) in [5.41, 5.74) is 1.24. The van der Waals surface area contributed by atoms with Gasteiger partial charge in [0.1, 0.15) is 0 Å². The Morgan fingerprint density at radius 2 is 1.76 bits per heavy atom. The van der Waals surface area contributed by atoms with Crippen LogP contribution in [0.3, 0.4) is 0 Å². The van der Waals surface area contributed by atoms with E-state index in [1.165, 1.54) is 16.8 Å². The first-order valence-corrected chi connectivity index (χ1v) is 12.9. The first-order valence-electron chi connectivity index (χ1n) is 11.4. The fourth-order valence-corrected chi connectivity index (χ4v) is 6.89. The molecule has 33 heavy (non-hydrogen) atoms. The van der Waals surface area contributed by atoms with E-state index in [-0.39, 0.29) is 19.0 Å². The van der Waals surface area contributed by atoms with Crippen molar-refractivity contribution in [2.24, 2.45) is 5.92 Å². The fourth-order valence-electron chi connectivity index (χ4n) is 4.88. The van der Waals surface area contributed by atoms with Crippen LogP contribution in [0.25, 0.3) is 0 Å². The second-order valence-corrected chi connectivity index (χ2v) is 11.1. The standard InChI is InChI=1S/C22H31N5O5S/c1-16-19(20(28)24-22(30)23-16)33(31,32)27-9-5-8-18(15-27)21(29)26-12-10-25(11-13-26)14-17-6-3-2-4-7-17/h2-4,6-7,16,18-19H,5,8-15H2,1H3,(H2,23,24,28,30). The Bertz CT molecular complexity index is 994. The minimum Gasteiger partial charge on any atom is -0.340 e. The smallest absolute Gasteiger partial charge is 0.321 e. The summed E-state index contributed by atoms with van der Waals surface area (Å²) in [7, 11) is -4.02. The molecule has 0 spiro atoms. The molecule has 180 valence electrons. The SMILES string of the molecule is CC1NC(=O)NC(=O)C1S(=O)(=O)N1CCCC(C(=O)N2CCN(Cc3ccccc3)CC2)C1. The zero-order valence-electron chi connectivity index (χ0n) is 18.8. The molecule has 10 nitrogen and oxygen atoms in total. The third-order valence-corrected chi connectivity index (χ3v) is 8.97. The highest BCUT2D eigenvalue weighted by atomic mass is 32.2. The van der Waals surface area contributed by atoms with Gasteiger partial charge in [-0.2, -0.15) is 0 Å². The largest absolute Gasteiger partial charge is 0.340 e. The van der Waals surface area contributed by atoms with Gasteiger partial charge in [0.2, 0.25) is 21.8 Å². The number of benzene rings is 1. The maximum Gasteiger partial charge on any atom is 0.321 e. The zero-order valence-corrected chi connectivity index (χ0v) is 19.6. The Hall–Kier alpha value is -2.50. The van der Waals surface area contributed by atoms with Crippen molar-refractivity contribution in [2.75, 3.05) is 39.3 Å². The van der Waals surface area contributed by atoms with Gasteiger partial charge in [-0.1, -0.05) is 30.3 Å². The number of urea groups is 1. The first-order chi connectivity index (χ1) is 15.8. The zero-order chi connectivity index (χ0) is 23.6. The van der Waals surface area contributed by atoms with Crippen LogP contribution in [-0.4, -0.2) is 90.9 Å². The number of rotatable bonds is 5. The average molecular weight is 478 g/mol. The predicted octanol–water partition coefficient (Wildman–Crippen LogP) is -0.0309. The number of sulfonamides is 1. The average Bonchev–Trinajstić information content (AvgIpc) is 2.79. The molecule has 1 aromatic rings. The lowest BCUT2D eigenvalue weighted by Gasteiger charge is -2.40. The van der Waals surface area contributed by atoms with E-state index in [4.69, 9.17) is 0 Å². The number of hydrogen-bond donors (Lipinski definition) is 2. The third kappa shape index (κ3) is 5.20. The normalized spacial score (nSPS) is 27.7. The van der Waals surface area contributed by atoms with E-state index in [2.05, 4.69) is 22.3 Å². The highest BCUT2D eigenvalue weighted by Gasteiger charge is 2.47. The lowest BCUT2D eigenvalue weighted by molar-refractivity contribution is -0.138. The Balaban J connectivity index is 1.35. The van der Waals surface area contributed by atoms with E-state index < -0.39 is 39.2 Å². The molecule has 4 amide bonds. The number of imide groups is 1. The Morgan fingerprint density at radius 3 is 2.42 bits per heavy atom. The summed E-state index contributed by atoms with van der Waals surface area (Å²) in [6, 6.07) is 8.67. The molecular weight excluding hydrogens is 446 g/mol. The maximum absolute atomic E-state index is 13.2. The summed E-state index contributed by atoms with van der Waals surface area (Å²) in [6.45, 7) is 5.45. The molecule has 3 aliphatic rings. The van der Waals surface area contributed by atoms with E-state index in [1.807, 2.05) is 28.4 Å².